The van der Waals surface area contributed by atoms with E-state index in [0.29, 0.717) is 18.3 Å². The highest BCUT2D eigenvalue weighted by atomic mass is 19.1. The Kier molecular flexibility index (Phi) is 7.09. The minimum Gasteiger partial charge on any atom is -0.378 e. The molecule has 9 heteroatoms. The summed E-state index contributed by atoms with van der Waals surface area (Å²) in [4.78, 5) is 24.5. The SMILES string of the molecule is C[C@H](NC(=O)C(O)c1cc(F)cc(F)c1)C(=O)Nc1cc(CCc2ccccc2)[nH]n1. The number of carbonyl (C=O) groups excluding carboxylic acids is 2. The highest BCUT2D eigenvalue weighted by Crippen LogP contribution is 2.17. The molecule has 1 aromatic heterocycles. The first-order chi connectivity index (χ1) is 14.8. The molecule has 3 rings (SSSR count). The first-order valence-electron chi connectivity index (χ1n) is 9.65. The first kappa shape index (κ1) is 22.1. The molecular formula is C22H22F2N4O3. The van der Waals surface area contributed by atoms with Crippen molar-refractivity contribution in [2.24, 2.45) is 0 Å². The van der Waals surface area contributed by atoms with Crippen LogP contribution in [0.4, 0.5) is 14.6 Å². The molecule has 2 aromatic carbocycles. The molecule has 4 N–H and O–H groups in total. The summed E-state index contributed by atoms with van der Waals surface area (Å²) in [5.41, 5.74) is 1.76. The van der Waals surface area contributed by atoms with E-state index in [0.717, 1.165) is 24.2 Å². The molecule has 7 nitrogen and oxygen atoms in total. The van der Waals surface area contributed by atoms with Gasteiger partial charge in [0.1, 0.15) is 17.7 Å². The molecule has 0 aliphatic heterocycles. The number of hydrogen-bond acceptors (Lipinski definition) is 4. The number of benzene rings is 2. The van der Waals surface area contributed by atoms with Crippen LogP contribution >= 0.6 is 0 Å². The number of nitrogens with one attached hydrogen (secondary N) is 3. The Bertz CT molecular complexity index is 1040. The number of rotatable bonds is 8. The van der Waals surface area contributed by atoms with Crippen LogP contribution in [0.15, 0.2) is 54.6 Å². The Labute approximate surface area is 177 Å². The lowest BCUT2D eigenvalue weighted by molar-refractivity contribution is -0.132. The lowest BCUT2D eigenvalue weighted by Crippen LogP contribution is -2.43. The fourth-order valence-corrected chi connectivity index (χ4v) is 2.95. The monoisotopic (exact) mass is 428 g/mol. The predicted octanol–water partition coefficient (Wildman–Crippen LogP) is 2.65. The maximum atomic E-state index is 13.3. The van der Waals surface area contributed by atoms with Gasteiger partial charge in [-0.2, -0.15) is 5.10 Å². The van der Waals surface area contributed by atoms with Crippen molar-refractivity contribution in [1.29, 1.82) is 0 Å². The average Bonchev–Trinajstić information content (AvgIpc) is 3.19. The second-order valence-corrected chi connectivity index (χ2v) is 7.09. The van der Waals surface area contributed by atoms with E-state index in [4.69, 9.17) is 0 Å². The molecule has 31 heavy (non-hydrogen) atoms. The zero-order valence-electron chi connectivity index (χ0n) is 16.7. The number of aliphatic hydroxyl groups is 1. The lowest BCUT2D eigenvalue weighted by Gasteiger charge is -2.16. The molecule has 0 saturated heterocycles. The third-order valence-corrected chi connectivity index (χ3v) is 4.61. The van der Waals surface area contributed by atoms with Gasteiger partial charge in [-0.15, -0.1) is 0 Å². The number of aromatic nitrogens is 2. The number of hydrogen-bond donors (Lipinski definition) is 4. The van der Waals surface area contributed by atoms with Gasteiger partial charge in [-0.3, -0.25) is 14.7 Å². The van der Waals surface area contributed by atoms with Crippen LogP contribution in [0.1, 0.15) is 29.8 Å². The van der Waals surface area contributed by atoms with Crippen molar-refractivity contribution < 1.29 is 23.5 Å². The van der Waals surface area contributed by atoms with Gasteiger partial charge in [-0.1, -0.05) is 30.3 Å². The topological polar surface area (TPSA) is 107 Å². The summed E-state index contributed by atoms with van der Waals surface area (Å²) in [6, 6.07) is 12.9. The molecule has 0 radical (unpaired) electrons. The van der Waals surface area contributed by atoms with Crippen LogP contribution in [0.3, 0.4) is 0 Å². The van der Waals surface area contributed by atoms with Crippen molar-refractivity contribution >= 4 is 17.6 Å². The normalized spacial score (nSPS) is 12.8. The fourth-order valence-electron chi connectivity index (χ4n) is 2.95. The van der Waals surface area contributed by atoms with Gasteiger partial charge < -0.3 is 15.7 Å². The maximum absolute atomic E-state index is 13.3. The zero-order valence-corrected chi connectivity index (χ0v) is 16.7. The standard InChI is InChI=1S/C22H22F2N4O3/c1-13(25-22(31)20(29)15-9-16(23)11-17(24)10-15)21(30)26-19-12-18(27-28-19)8-7-14-5-3-2-4-6-14/h2-6,9-13,20,29H,7-8H2,1H3,(H,25,31)(H2,26,27,28,30)/t13-,20?/m0/s1. The molecule has 0 bridgehead atoms. The number of anilines is 1. The molecule has 3 aromatic rings. The van der Waals surface area contributed by atoms with E-state index < -0.39 is 35.6 Å². The van der Waals surface area contributed by atoms with Gasteiger partial charge in [-0.25, -0.2) is 8.78 Å². The Balaban J connectivity index is 1.52. The molecule has 1 unspecified atom stereocenters. The molecule has 0 aliphatic carbocycles. The third-order valence-electron chi connectivity index (χ3n) is 4.61. The Morgan fingerprint density at radius 2 is 1.71 bits per heavy atom. The van der Waals surface area contributed by atoms with Crippen molar-refractivity contribution in [3.05, 3.63) is 83.1 Å². The molecule has 0 saturated carbocycles. The van der Waals surface area contributed by atoms with E-state index in [-0.39, 0.29) is 5.56 Å². The molecule has 0 spiro atoms. The number of carbonyl (C=O) groups is 2. The molecular weight excluding hydrogens is 406 g/mol. The summed E-state index contributed by atoms with van der Waals surface area (Å²) < 4.78 is 26.6. The quantitative estimate of drug-likeness (QED) is 0.442. The summed E-state index contributed by atoms with van der Waals surface area (Å²) in [6.45, 7) is 1.41. The van der Waals surface area contributed by atoms with E-state index in [2.05, 4.69) is 20.8 Å². The third kappa shape index (κ3) is 6.19. The van der Waals surface area contributed by atoms with E-state index >= 15 is 0 Å². The smallest absolute Gasteiger partial charge is 0.254 e. The number of nitrogens with zero attached hydrogens (tertiary/aromatic N) is 1. The molecule has 1 heterocycles. The van der Waals surface area contributed by atoms with Crippen LogP contribution in [0.2, 0.25) is 0 Å². The van der Waals surface area contributed by atoms with Gasteiger partial charge in [0.15, 0.2) is 11.9 Å². The Hall–Kier alpha value is -3.59. The predicted molar refractivity (Wildman–Crippen MR) is 110 cm³/mol. The summed E-state index contributed by atoms with van der Waals surface area (Å²) >= 11 is 0. The number of aromatic amines is 1. The van der Waals surface area contributed by atoms with Crippen LogP contribution in [0.25, 0.3) is 0 Å². The first-order valence-corrected chi connectivity index (χ1v) is 9.65. The van der Waals surface area contributed by atoms with Crippen LogP contribution in [0.5, 0.6) is 0 Å². The molecule has 2 atom stereocenters. The van der Waals surface area contributed by atoms with Crippen molar-refractivity contribution in [3.63, 3.8) is 0 Å². The van der Waals surface area contributed by atoms with Crippen molar-refractivity contribution in [2.75, 3.05) is 5.32 Å². The highest BCUT2D eigenvalue weighted by Gasteiger charge is 2.23. The molecule has 2 amide bonds. The van der Waals surface area contributed by atoms with Crippen molar-refractivity contribution in [3.8, 4) is 0 Å². The summed E-state index contributed by atoms with van der Waals surface area (Å²) in [7, 11) is 0. The Morgan fingerprint density at radius 1 is 1.03 bits per heavy atom. The summed E-state index contributed by atoms with van der Waals surface area (Å²) in [6.07, 6.45) is -0.313. The minimum absolute atomic E-state index is 0.252. The Morgan fingerprint density at radius 3 is 2.39 bits per heavy atom. The van der Waals surface area contributed by atoms with Crippen molar-refractivity contribution in [1.82, 2.24) is 15.5 Å². The van der Waals surface area contributed by atoms with E-state index in [1.165, 1.54) is 12.5 Å². The highest BCUT2D eigenvalue weighted by molar-refractivity contribution is 5.96. The molecule has 0 fully saturated rings. The number of aliphatic hydroxyl groups excluding tert-OH is 1. The number of aryl methyl sites for hydroxylation is 2. The molecule has 0 aliphatic rings. The fraction of sp³-hybridized carbons (Fsp3) is 0.227. The zero-order chi connectivity index (χ0) is 22.4. The van der Waals surface area contributed by atoms with Gasteiger partial charge in [0.2, 0.25) is 5.91 Å². The van der Waals surface area contributed by atoms with Crippen LogP contribution < -0.4 is 10.6 Å². The van der Waals surface area contributed by atoms with Gasteiger partial charge in [-0.05, 0) is 43.0 Å². The van der Waals surface area contributed by atoms with E-state index in [9.17, 15) is 23.5 Å². The van der Waals surface area contributed by atoms with E-state index in [1.807, 2.05) is 30.3 Å². The summed E-state index contributed by atoms with van der Waals surface area (Å²) in [5, 5.41) is 21.8. The van der Waals surface area contributed by atoms with Gasteiger partial charge in [0, 0.05) is 17.8 Å². The second kappa shape index (κ2) is 9.94. The van der Waals surface area contributed by atoms with Crippen molar-refractivity contribution in [2.45, 2.75) is 31.9 Å². The maximum Gasteiger partial charge on any atom is 0.254 e. The molecule has 162 valence electrons. The van der Waals surface area contributed by atoms with Gasteiger partial charge in [0.25, 0.3) is 5.91 Å². The second-order valence-electron chi connectivity index (χ2n) is 7.09. The van der Waals surface area contributed by atoms with E-state index in [1.54, 1.807) is 6.07 Å². The van der Waals surface area contributed by atoms with Gasteiger partial charge >= 0.3 is 0 Å². The lowest BCUT2D eigenvalue weighted by atomic mass is 10.1. The van der Waals surface area contributed by atoms with Crippen LogP contribution in [0, 0.1) is 11.6 Å². The summed E-state index contributed by atoms with van der Waals surface area (Å²) in [5.74, 6) is -3.07. The van der Waals surface area contributed by atoms with Gasteiger partial charge in [0.05, 0.1) is 0 Å². The minimum atomic E-state index is -1.82. The number of amides is 2. The number of halogens is 2. The largest absolute Gasteiger partial charge is 0.378 e. The average molecular weight is 428 g/mol. The van der Waals surface area contributed by atoms with Crippen LogP contribution in [-0.4, -0.2) is 33.2 Å². The van der Waals surface area contributed by atoms with Crippen LogP contribution in [-0.2, 0) is 22.4 Å². The number of H-pyrrole nitrogens is 1.